The molecular formula is C47H29F13N2. The van der Waals surface area contributed by atoms with E-state index < -0.39 is 64.2 Å². The lowest BCUT2D eigenvalue weighted by Gasteiger charge is -2.30. The van der Waals surface area contributed by atoms with E-state index in [9.17, 15) is 39.5 Å². The monoisotopic (exact) mass is 868 g/mol. The van der Waals surface area contributed by atoms with Gasteiger partial charge in [0.1, 0.15) is 11.3 Å². The number of hydrogen-bond acceptors (Lipinski definition) is 2. The van der Waals surface area contributed by atoms with E-state index in [2.05, 4.69) is 0 Å². The first-order valence-electron chi connectivity index (χ1n) is 18.4. The molecule has 0 saturated carbocycles. The van der Waals surface area contributed by atoms with Crippen molar-refractivity contribution in [2.75, 3.05) is 9.80 Å². The van der Waals surface area contributed by atoms with Gasteiger partial charge in [-0.25, -0.2) is 17.6 Å². The predicted molar refractivity (Wildman–Crippen MR) is 211 cm³/mol. The van der Waals surface area contributed by atoms with Gasteiger partial charge in [-0.15, -0.1) is 0 Å². The van der Waals surface area contributed by atoms with Gasteiger partial charge in [0.05, 0.1) is 11.1 Å². The fraction of sp³-hybridized carbons (Fsp3) is 0.106. The SMILES string of the molecule is Cc1cc(N(c2ccc(N(c3ccc(-c4ccc(-c5ccccc5)cc4)cc3)c3c(F)c(F)c(C(F)(F)F)c(F)c3F)cc2)c2cc(C)cc(C(F)(F)F)c2)cc(C(F)(F)F)c1. The van der Waals surface area contributed by atoms with Crippen molar-refractivity contribution in [3.8, 4) is 22.3 Å². The van der Waals surface area contributed by atoms with Crippen LogP contribution in [-0.2, 0) is 18.5 Å². The highest BCUT2D eigenvalue weighted by molar-refractivity contribution is 5.83. The van der Waals surface area contributed by atoms with Crippen molar-refractivity contribution in [1.29, 1.82) is 0 Å². The van der Waals surface area contributed by atoms with Crippen molar-refractivity contribution < 1.29 is 57.1 Å². The van der Waals surface area contributed by atoms with Gasteiger partial charge in [0.2, 0.25) is 0 Å². The van der Waals surface area contributed by atoms with Crippen LogP contribution in [0.2, 0.25) is 0 Å². The summed E-state index contributed by atoms with van der Waals surface area (Å²) in [6, 6.07) is 32.3. The highest BCUT2D eigenvalue weighted by atomic mass is 19.4. The largest absolute Gasteiger partial charge is 0.422 e. The molecule has 0 amide bonds. The minimum atomic E-state index is -5.84. The van der Waals surface area contributed by atoms with Crippen LogP contribution in [0.1, 0.15) is 27.8 Å². The second-order valence-electron chi connectivity index (χ2n) is 14.3. The van der Waals surface area contributed by atoms with Crippen LogP contribution < -0.4 is 9.80 Å². The third-order valence-corrected chi connectivity index (χ3v) is 9.86. The molecule has 0 atom stereocenters. The minimum Gasteiger partial charge on any atom is -0.310 e. The number of halogens is 13. The molecule has 0 aliphatic heterocycles. The first-order chi connectivity index (χ1) is 29.1. The fourth-order valence-corrected chi connectivity index (χ4v) is 7.07. The zero-order valence-corrected chi connectivity index (χ0v) is 32.1. The van der Waals surface area contributed by atoms with Crippen molar-refractivity contribution in [2.45, 2.75) is 32.4 Å². The molecule has 15 heteroatoms. The Hall–Kier alpha value is -6.77. The van der Waals surface area contributed by atoms with Crippen LogP contribution in [0.5, 0.6) is 0 Å². The van der Waals surface area contributed by atoms with Crippen LogP contribution in [0.4, 0.5) is 91.2 Å². The Labute approximate surface area is 345 Å². The molecule has 0 saturated heterocycles. The van der Waals surface area contributed by atoms with Gasteiger partial charge in [-0.3, -0.25) is 0 Å². The Morgan fingerprint density at radius 3 is 1.05 bits per heavy atom. The molecule has 0 heterocycles. The van der Waals surface area contributed by atoms with Crippen molar-refractivity contribution in [2.24, 2.45) is 0 Å². The van der Waals surface area contributed by atoms with Crippen molar-refractivity contribution >= 4 is 34.1 Å². The molecule has 0 spiro atoms. The van der Waals surface area contributed by atoms with Gasteiger partial charge in [-0.05, 0) is 120 Å². The Morgan fingerprint density at radius 1 is 0.339 bits per heavy atom. The zero-order chi connectivity index (χ0) is 44.9. The first kappa shape index (κ1) is 43.3. The van der Waals surface area contributed by atoms with Crippen molar-refractivity contribution in [3.05, 3.63) is 191 Å². The van der Waals surface area contributed by atoms with Gasteiger partial charge >= 0.3 is 18.5 Å². The van der Waals surface area contributed by atoms with Crippen LogP contribution in [0.3, 0.4) is 0 Å². The molecule has 0 N–H and O–H groups in total. The molecule has 0 aliphatic rings. The highest BCUT2D eigenvalue weighted by Gasteiger charge is 2.43. The number of alkyl halides is 9. The fourth-order valence-electron chi connectivity index (χ4n) is 7.07. The van der Waals surface area contributed by atoms with E-state index in [1.165, 1.54) is 50.2 Å². The summed E-state index contributed by atoms with van der Waals surface area (Å²) < 4.78 is 187. The van der Waals surface area contributed by atoms with Crippen molar-refractivity contribution in [1.82, 2.24) is 0 Å². The summed E-state index contributed by atoms with van der Waals surface area (Å²) in [5.74, 6) is -10.3. The minimum absolute atomic E-state index is 0.0826. The van der Waals surface area contributed by atoms with Gasteiger partial charge in [-0.1, -0.05) is 66.7 Å². The molecule has 318 valence electrons. The Kier molecular flexibility index (Phi) is 11.4. The standard InChI is InChI=1S/C47H29F13N2/c1-26-20-32(45(52,53)54)24-37(22-26)61(38-23-27(2)21-33(25-38)46(55,56)57)34-16-18-36(19-17-34)62(44-42(50)40(48)39(47(58,59)60)41(49)43(44)51)35-14-12-31(13-15-35)30-10-8-29(9-11-30)28-6-4-3-5-7-28/h3-25H,1-2H3. The van der Waals surface area contributed by atoms with E-state index in [1.807, 2.05) is 42.5 Å². The van der Waals surface area contributed by atoms with E-state index in [4.69, 9.17) is 0 Å². The van der Waals surface area contributed by atoms with Crippen LogP contribution in [-0.4, -0.2) is 0 Å². The first-order valence-corrected chi connectivity index (χ1v) is 18.4. The van der Waals surface area contributed by atoms with Crippen LogP contribution >= 0.6 is 0 Å². The topological polar surface area (TPSA) is 6.48 Å². The maximum atomic E-state index is 15.9. The van der Waals surface area contributed by atoms with Gasteiger partial charge in [0.15, 0.2) is 23.3 Å². The molecule has 0 bridgehead atoms. The average Bonchev–Trinajstić information content (AvgIpc) is 3.21. The molecule has 0 fully saturated rings. The summed E-state index contributed by atoms with van der Waals surface area (Å²) in [4.78, 5) is 1.66. The Morgan fingerprint density at radius 2 is 0.677 bits per heavy atom. The number of rotatable bonds is 8. The molecule has 0 aliphatic carbocycles. The molecule has 7 aromatic rings. The second-order valence-corrected chi connectivity index (χ2v) is 14.3. The number of hydrogen-bond donors (Lipinski definition) is 0. The van der Waals surface area contributed by atoms with E-state index in [0.717, 1.165) is 52.4 Å². The smallest absolute Gasteiger partial charge is 0.310 e. The molecule has 7 rings (SSSR count). The summed E-state index contributed by atoms with van der Waals surface area (Å²) in [5, 5.41) is 0. The molecule has 0 unspecified atom stereocenters. The van der Waals surface area contributed by atoms with Crippen LogP contribution in [0.15, 0.2) is 140 Å². The second kappa shape index (κ2) is 16.3. The number of aryl methyl sites for hydroxylation is 2. The van der Waals surface area contributed by atoms with Gasteiger partial charge in [-0.2, -0.15) is 39.5 Å². The normalized spacial score (nSPS) is 12.1. The lowest BCUT2D eigenvalue weighted by atomic mass is 10.00. The lowest BCUT2D eigenvalue weighted by molar-refractivity contribution is -0.143. The predicted octanol–water partition coefficient (Wildman–Crippen LogP) is 16.2. The molecule has 0 aromatic heterocycles. The Balaban J connectivity index is 1.38. The highest BCUT2D eigenvalue weighted by Crippen LogP contribution is 2.47. The van der Waals surface area contributed by atoms with E-state index in [-0.39, 0.29) is 39.6 Å². The maximum absolute atomic E-state index is 15.9. The quantitative estimate of drug-likeness (QED) is 0.111. The summed E-state index contributed by atoms with van der Waals surface area (Å²) in [6.45, 7) is 2.68. The van der Waals surface area contributed by atoms with E-state index >= 15 is 17.6 Å². The van der Waals surface area contributed by atoms with Gasteiger partial charge < -0.3 is 9.80 Å². The number of nitrogens with zero attached hydrogens (tertiary/aromatic N) is 2. The van der Waals surface area contributed by atoms with Gasteiger partial charge in [0.25, 0.3) is 0 Å². The maximum Gasteiger partial charge on any atom is 0.422 e. The third kappa shape index (κ3) is 8.70. The summed E-state index contributed by atoms with van der Waals surface area (Å²) in [6.07, 6.45) is -15.6. The molecular weight excluding hydrogens is 840 g/mol. The number of benzene rings is 7. The zero-order valence-electron chi connectivity index (χ0n) is 32.1. The third-order valence-electron chi connectivity index (χ3n) is 9.86. The summed E-state index contributed by atoms with van der Waals surface area (Å²) >= 11 is 0. The van der Waals surface area contributed by atoms with Crippen molar-refractivity contribution in [3.63, 3.8) is 0 Å². The van der Waals surface area contributed by atoms with Crippen LogP contribution in [0.25, 0.3) is 22.3 Å². The van der Waals surface area contributed by atoms with E-state index in [0.29, 0.717) is 28.2 Å². The summed E-state index contributed by atoms with van der Waals surface area (Å²) in [7, 11) is 0. The Bertz CT molecular complexity index is 2650. The lowest BCUT2D eigenvalue weighted by Crippen LogP contribution is -2.21. The summed E-state index contributed by atoms with van der Waals surface area (Å²) in [5.41, 5.74) is -4.53. The molecule has 7 aromatic carbocycles. The van der Waals surface area contributed by atoms with Crippen LogP contribution in [0, 0.1) is 37.1 Å². The molecule has 2 nitrogen and oxygen atoms in total. The number of anilines is 6. The van der Waals surface area contributed by atoms with E-state index in [1.54, 1.807) is 12.1 Å². The molecule has 62 heavy (non-hydrogen) atoms. The van der Waals surface area contributed by atoms with Gasteiger partial charge in [0, 0.05) is 28.4 Å². The molecule has 0 radical (unpaired) electrons. The average molecular weight is 869 g/mol.